The fourth-order valence-corrected chi connectivity index (χ4v) is 1.58. The number of nitrogens with one attached hydrogen (secondary N) is 1. The van der Waals surface area contributed by atoms with Crippen LogP contribution in [0, 0.1) is 23.3 Å². The second kappa shape index (κ2) is 5.17. The average Bonchev–Trinajstić information content (AvgIpc) is 2.36. The number of hydrogen-bond acceptors (Lipinski definition) is 2. The third-order valence-electron chi connectivity index (χ3n) is 2.56. The number of benzene rings is 2. The minimum atomic E-state index is -0.988. The molecule has 3 N–H and O–H groups in total. The van der Waals surface area contributed by atoms with E-state index in [9.17, 15) is 17.6 Å². The molecular formula is C13H10F4N2. The van der Waals surface area contributed by atoms with Gasteiger partial charge in [-0.2, -0.15) is 0 Å². The quantitative estimate of drug-likeness (QED) is 0.662. The Morgan fingerprint density at radius 1 is 0.895 bits per heavy atom. The molecule has 0 spiro atoms. The second-order valence-corrected chi connectivity index (χ2v) is 3.95. The molecule has 6 heteroatoms. The van der Waals surface area contributed by atoms with Crippen molar-refractivity contribution in [2.45, 2.75) is 6.54 Å². The van der Waals surface area contributed by atoms with Crippen LogP contribution in [0.15, 0.2) is 30.3 Å². The Hall–Kier alpha value is -2.24. The maximum atomic E-state index is 13.2. The molecule has 2 aromatic carbocycles. The van der Waals surface area contributed by atoms with Crippen molar-refractivity contribution in [3.05, 3.63) is 59.2 Å². The van der Waals surface area contributed by atoms with Crippen LogP contribution in [-0.4, -0.2) is 0 Å². The second-order valence-electron chi connectivity index (χ2n) is 3.95. The molecule has 2 aromatic rings. The molecule has 0 bridgehead atoms. The third kappa shape index (κ3) is 2.96. The summed E-state index contributed by atoms with van der Waals surface area (Å²) >= 11 is 0. The molecule has 19 heavy (non-hydrogen) atoms. The fourth-order valence-electron chi connectivity index (χ4n) is 1.58. The summed E-state index contributed by atoms with van der Waals surface area (Å²) in [5.74, 6) is -3.61. The third-order valence-corrected chi connectivity index (χ3v) is 2.56. The Bertz CT molecular complexity index is 614. The highest BCUT2D eigenvalue weighted by atomic mass is 19.2. The van der Waals surface area contributed by atoms with Gasteiger partial charge in [0.15, 0.2) is 17.5 Å². The lowest BCUT2D eigenvalue weighted by molar-refractivity contribution is 0.507. The summed E-state index contributed by atoms with van der Waals surface area (Å²) < 4.78 is 51.9. The lowest BCUT2D eigenvalue weighted by Gasteiger charge is -2.10. The summed E-state index contributed by atoms with van der Waals surface area (Å²) in [6.07, 6.45) is 0. The van der Waals surface area contributed by atoms with Gasteiger partial charge in [-0.15, -0.1) is 0 Å². The van der Waals surface area contributed by atoms with Crippen LogP contribution in [0.2, 0.25) is 0 Å². The van der Waals surface area contributed by atoms with Gasteiger partial charge in [0.05, 0.1) is 11.4 Å². The number of anilines is 2. The lowest BCUT2D eigenvalue weighted by atomic mass is 10.2. The van der Waals surface area contributed by atoms with Gasteiger partial charge in [-0.05, 0) is 23.8 Å². The average molecular weight is 270 g/mol. The van der Waals surface area contributed by atoms with Crippen LogP contribution in [0.25, 0.3) is 0 Å². The van der Waals surface area contributed by atoms with Crippen molar-refractivity contribution in [3.63, 3.8) is 0 Å². The van der Waals surface area contributed by atoms with E-state index in [1.54, 1.807) is 0 Å². The number of nitrogen functional groups attached to an aromatic ring is 1. The summed E-state index contributed by atoms with van der Waals surface area (Å²) in [7, 11) is 0. The first-order valence-corrected chi connectivity index (χ1v) is 5.39. The zero-order chi connectivity index (χ0) is 14.0. The van der Waals surface area contributed by atoms with E-state index in [1.807, 2.05) is 0 Å². The van der Waals surface area contributed by atoms with Gasteiger partial charge in [-0.3, -0.25) is 0 Å². The van der Waals surface area contributed by atoms with Gasteiger partial charge >= 0.3 is 0 Å². The molecule has 0 fully saturated rings. The lowest BCUT2D eigenvalue weighted by Crippen LogP contribution is -2.05. The Kier molecular flexibility index (Phi) is 3.59. The fraction of sp³-hybridized carbons (Fsp3) is 0.0769. The molecule has 2 rings (SSSR count). The van der Waals surface area contributed by atoms with Gasteiger partial charge < -0.3 is 11.1 Å². The van der Waals surface area contributed by atoms with E-state index in [1.165, 1.54) is 6.07 Å². The minimum Gasteiger partial charge on any atom is -0.395 e. The first-order valence-electron chi connectivity index (χ1n) is 5.39. The van der Waals surface area contributed by atoms with E-state index in [-0.39, 0.29) is 17.9 Å². The van der Waals surface area contributed by atoms with Gasteiger partial charge in [-0.1, -0.05) is 6.07 Å². The Balaban J connectivity index is 2.16. The standard InChI is InChI=1S/C13H10F4N2/c14-8-4-11(17)13(18)12(5-8)19-6-7-1-2-9(15)10(16)3-7/h1-5,19H,6,18H2. The molecule has 0 aliphatic carbocycles. The number of halogens is 4. The maximum Gasteiger partial charge on any atom is 0.159 e. The van der Waals surface area contributed by atoms with E-state index in [0.29, 0.717) is 11.6 Å². The van der Waals surface area contributed by atoms with Crippen LogP contribution < -0.4 is 11.1 Å². The Morgan fingerprint density at radius 2 is 1.63 bits per heavy atom. The van der Waals surface area contributed by atoms with Crippen LogP contribution in [0.4, 0.5) is 28.9 Å². The predicted molar refractivity (Wildman–Crippen MR) is 64.5 cm³/mol. The van der Waals surface area contributed by atoms with Crippen LogP contribution in [0.1, 0.15) is 5.56 Å². The van der Waals surface area contributed by atoms with E-state index in [4.69, 9.17) is 5.73 Å². The van der Waals surface area contributed by atoms with Crippen LogP contribution in [0.3, 0.4) is 0 Å². The first kappa shape index (κ1) is 13.2. The summed E-state index contributed by atoms with van der Waals surface area (Å²) in [4.78, 5) is 0. The van der Waals surface area contributed by atoms with Gasteiger partial charge in [-0.25, -0.2) is 17.6 Å². The number of hydrogen-bond donors (Lipinski definition) is 2. The molecular weight excluding hydrogens is 260 g/mol. The summed E-state index contributed by atoms with van der Waals surface area (Å²) in [5, 5.41) is 2.66. The van der Waals surface area contributed by atoms with Crippen molar-refractivity contribution in [1.29, 1.82) is 0 Å². The van der Waals surface area contributed by atoms with Gasteiger partial charge in [0.1, 0.15) is 5.82 Å². The van der Waals surface area contributed by atoms with Crippen molar-refractivity contribution < 1.29 is 17.6 Å². The van der Waals surface area contributed by atoms with Gasteiger partial charge in [0.2, 0.25) is 0 Å². The monoisotopic (exact) mass is 270 g/mol. The highest BCUT2D eigenvalue weighted by molar-refractivity contribution is 5.66. The SMILES string of the molecule is Nc1c(F)cc(F)cc1NCc1ccc(F)c(F)c1. The Morgan fingerprint density at radius 3 is 2.32 bits per heavy atom. The molecule has 0 aliphatic rings. The normalized spacial score (nSPS) is 10.5. The van der Waals surface area contributed by atoms with Crippen LogP contribution in [0.5, 0.6) is 0 Å². The van der Waals surface area contributed by atoms with E-state index in [2.05, 4.69) is 5.32 Å². The zero-order valence-electron chi connectivity index (χ0n) is 9.68. The molecule has 0 amide bonds. The summed E-state index contributed by atoms with van der Waals surface area (Å²) in [5.41, 5.74) is 5.68. The van der Waals surface area contributed by atoms with Gasteiger partial charge in [0.25, 0.3) is 0 Å². The van der Waals surface area contributed by atoms with E-state index < -0.39 is 23.3 Å². The molecule has 0 unspecified atom stereocenters. The predicted octanol–water partition coefficient (Wildman–Crippen LogP) is 3.44. The highest BCUT2D eigenvalue weighted by Crippen LogP contribution is 2.24. The molecule has 0 aromatic heterocycles. The van der Waals surface area contributed by atoms with Crippen molar-refractivity contribution in [2.24, 2.45) is 0 Å². The van der Waals surface area contributed by atoms with Crippen LogP contribution in [-0.2, 0) is 6.54 Å². The zero-order valence-corrected chi connectivity index (χ0v) is 9.68. The molecule has 0 radical (unpaired) electrons. The smallest absolute Gasteiger partial charge is 0.159 e. The largest absolute Gasteiger partial charge is 0.395 e. The Labute approximate surface area is 106 Å². The van der Waals surface area contributed by atoms with Crippen molar-refractivity contribution in [1.82, 2.24) is 0 Å². The van der Waals surface area contributed by atoms with Crippen molar-refractivity contribution in [2.75, 3.05) is 11.1 Å². The molecule has 100 valence electrons. The molecule has 2 nitrogen and oxygen atoms in total. The molecule has 0 saturated heterocycles. The molecule has 0 atom stereocenters. The van der Waals surface area contributed by atoms with E-state index in [0.717, 1.165) is 18.2 Å². The first-order chi connectivity index (χ1) is 8.97. The van der Waals surface area contributed by atoms with E-state index >= 15 is 0 Å². The van der Waals surface area contributed by atoms with Crippen molar-refractivity contribution >= 4 is 11.4 Å². The molecule has 0 saturated carbocycles. The summed E-state index contributed by atoms with van der Waals surface area (Å²) in [6.45, 7) is 0.0598. The number of rotatable bonds is 3. The maximum absolute atomic E-state index is 13.2. The summed E-state index contributed by atoms with van der Waals surface area (Å²) in [6, 6.07) is 5.02. The molecule has 0 heterocycles. The van der Waals surface area contributed by atoms with Gasteiger partial charge in [0, 0.05) is 12.6 Å². The molecule has 0 aliphatic heterocycles. The highest BCUT2D eigenvalue weighted by Gasteiger charge is 2.08. The number of nitrogens with two attached hydrogens (primary N) is 1. The van der Waals surface area contributed by atoms with Crippen molar-refractivity contribution in [3.8, 4) is 0 Å². The topological polar surface area (TPSA) is 38.0 Å². The van der Waals surface area contributed by atoms with Crippen LogP contribution >= 0.6 is 0 Å². The minimum absolute atomic E-state index is 0.0576.